The zero-order chi connectivity index (χ0) is 11.5. The van der Waals surface area contributed by atoms with Gasteiger partial charge in [0.2, 0.25) is 0 Å². The van der Waals surface area contributed by atoms with Crippen LogP contribution in [-0.2, 0) is 9.53 Å². The number of hydrogen-bond acceptors (Lipinski definition) is 4. The molecule has 1 saturated heterocycles. The minimum Gasteiger partial charge on any atom is -0.394 e. The molecule has 4 heteroatoms. The predicted octanol–water partition coefficient (Wildman–Crippen LogP) is 0.580. The van der Waals surface area contributed by atoms with Crippen molar-refractivity contribution < 1.29 is 14.6 Å². The first-order valence-electron chi connectivity index (χ1n) is 6.20. The molecule has 16 heavy (non-hydrogen) atoms. The number of aliphatic hydroxyl groups excluding tert-OH is 1. The molecule has 1 N–H and O–H groups in total. The molecule has 4 nitrogen and oxygen atoms in total. The molecule has 1 heterocycles. The van der Waals surface area contributed by atoms with Gasteiger partial charge in [-0.25, -0.2) is 0 Å². The molecular formula is C12H21NO3. The van der Waals surface area contributed by atoms with Crippen molar-refractivity contribution >= 4 is 5.78 Å². The van der Waals surface area contributed by atoms with Gasteiger partial charge in [0.1, 0.15) is 5.78 Å². The molecule has 0 aromatic carbocycles. The predicted molar refractivity (Wildman–Crippen MR) is 60.3 cm³/mol. The van der Waals surface area contributed by atoms with Gasteiger partial charge in [-0.2, -0.15) is 0 Å². The van der Waals surface area contributed by atoms with Crippen LogP contribution in [0.3, 0.4) is 0 Å². The highest BCUT2D eigenvalue weighted by molar-refractivity contribution is 5.79. The number of morpholine rings is 1. The highest BCUT2D eigenvalue weighted by Crippen LogP contribution is 2.24. The second kappa shape index (κ2) is 5.25. The Morgan fingerprint density at radius 1 is 1.56 bits per heavy atom. The van der Waals surface area contributed by atoms with Gasteiger partial charge in [-0.05, 0) is 19.8 Å². The van der Waals surface area contributed by atoms with E-state index in [4.69, 9.17) is 9.84 Å². The molecule has 2 aliphatic rings. The monoisotopic (exact) mass is 227 g/mol. The van der Waals surface area contributed by atoms with Crippen LogP contribution in [0.15, 0.2) is 0 Å². The first kappa shape index (κ1) is 12.0. The highest BCUT2D eigenvalue weighted by Gasteiger charge is 2.33. The van der Waals surface area contributed by atoms with E-state index < -0.39 is 0 Å². The quantitative estimate of drug-likeness (QED) is 0.749. The van der Waals surface area contributed by atoms with E-state index in [-0.39, 0.29) is 12.7 Å². The van der Waals surface area contributed by atoms with Gasteiger partial charge in [-0.15, -0.1) is 0 Å². The third kappa shape index (κ3) is 2.62. The number of aliphatic hydroxyl groups is 1. The van der Waals surface area contributed by atoms with Gasteiger partial charge >= 0.3 is 0 Å². The van der Waals surface area contributed by atoms with E-state index in [0.29, 0.717) is 30.9 Å². The number of carbonyl (C=O) groups excluding carboxylic acids is 1. The molecule has 1 aliphatic heterocycles. The van der Waals surface area contributed by atoms with Gasteiger partial charge in [-0.1, -0.05) is 0 Å². The second-order valence-corrected chi connectivity index (χ2v) is 4.97. The van der Waals surface area contributed by atoms with E-state index in [1.807, 2.05) is 0 Å². The van der Waals surface area contributed by atoms with Crippen molar-refractivity contribution in [3.63, 3.8) is 0 Å². The van der Waals surface area contributed by atoms with E-state index in [0.717, 1.165) is 25.8 Å². The Morgan fingerprint density at radius 2 is 2.38 bits per heavy atom. The van der Waals surface area contributed by atoms with E-state index in [9.17, 15) is 4.79 Å². The van der Waals surface area contributed by atoms with Crippen molar-refractivity contribution in [1.82, 2.24) is 4.90 Å². The van der Waals surface area contributed by atoms with Gasteiger partial charge in [-0.3, -0.25) is 9.69 Å². The Labute approximate surface area is 96.6 Å². The molecule has 3 atom stereocenters. The molecule has 0 aromatic heterocycles. The third-order valence-corrected chi connectivity index (χ3v) is 3.68. The Balaban J connectivity index is 1.97. The Morgan fingerprint density at radius 3 is 3.06 bits per heavy atom. The number of rotatable bonds is 2. The maximum Gasteiger partial charge on any atom is 0.134 e. The fourth-order valence-corrected chi connectivity index (χ4v) is 2.74. The largest absolute Gasteiger partial charge is 0.394 e. The fourth-order valence-electron chi connectivity index (χ4n) is 2.74. The number of Topliss-reactive ketones (excluding diaryl/α,β-unsaturated/α-hetero) is 1. The first-order valence-corrected chi connectivity index (χ1v) is 6.20. The van der Waals surface area contributed by atoms with Crippen LogP contribution >= 0.6 is 0 Å². The van der Waals surface area contributed by atoms with Crippen LogP contribution in [0.4, 0.5) is 0 Å². The molecule has 1 saturated carbocycles. The van der Waals surface area contributed by atoms with Gasteiger partial charge in [0.05, 0.1) is 19.3 Å². The minimum atomic E-state index is -0.0757. The van der Waals surface area contributed by atoms with Crippen molar-refractivity contribution in [2.75, 3.05) is 19.8 Å². The Hall–Kier alpha value is -0.450. The summed E-state index contributed by atoms with van der Waals surface area (Å²) in [5.74, 6) is 0.385. The van der Waals surface area contributed by atoms with E-state index in [2.05, 4.69) is 11.8 Å². The van der Waals surface area contributed by atoms with Crippen molar-refractivity contribution in [2.24, 2.45) is 0 Å². The summed E-state index contributed by atoms with van der Waals surface area (Å²) in [4.78, 5) is 13.8. The van der Waals surface area contributed by atoms with Crippen LogP contribution in [0.2, 0.25) is 0 Å². The van der Waals surface area contributed by atoms with Crippen LogP contribution in [0.1, 0.15) is 32.6 Å². The SMILES string of the molecule is CC1COC(CO)CN1C1CCCC(=O)C1. The van der Waals surface area contributed by atoms with Gasteiger partial charge in [0, 0.05) is 31.5 Å². The van der Waals surface area contributed by atoms with Gasteiger partial charge in [0.15, 0.2) is 0 Å². The maximum absolute atomic E-state index is 11.5. The molecule has 0 spiro atoms. The smallest absolute Gasteiger partial charge is 0.134 e. The zero-order valence-corrected chi connectivity index (χ0v) is 9.89. The Bertz CT molecular complexity index is 257. The lowest BCUT2D eigenvalue weighted by Crippen LogP contribution is -2.54. The average Bonchev–Trinajstić information content (AvgIpc) is 2.30. The van der Waals surface area contributed by atoms with Crippen LogP contribution in [-0.4, -0.2) is 53.7 Å². The average molecular weight is 227 g/mol. The number of ether oxygens (including phenoxy) is 1. The third-order valence-electron chi connectivity index (χ3n) is 3.68. The van der Waals surface area contributed by atoms with E-state index >= 15 is 0 Å². The van der Waals surface area contributed by atoms with Crippen molar-refractivity contribution in [3.8, 4) is 0 Å². The van der Waals surface area contributed by atoms with Crippen LogP contribution in [0.25, 0.3) is 0 Å². The normalized spacial score (nSPS) is 37.6. The van der Waals surface area contributed by atoms with Crippen LogP contribution < -0.4 is 0 Å². The molecular weight excluding hydrogens is 206 g/mol. The molecule has 0 aromatic rings. The number of nitrogens with zero attached hydrogens (tertiary/aromatic N) is 1. The van der Waals surface area contributed by atoms with Crippen LogP contribution in [0, 0.1) is 0 Å². The topological polar surface area (TPSA) is 49.8 Å². The molecule has 0 amide bonds. The lowest BCUT2D eigenvalue weighted by Gasteiger charge is -2.43. The number of hydrogen-bond donors (Lipinski definition) is 1. The van der Waals surface area contributed by atoms with Crippen molar-refractivity contribution in [1.29, 1.82) is 0 Å². The van der Waals surface area contributed by atoms with E-state index in [1.165, 1.54) is 0 Å². The Kier molecular flexibility index (Phi) is 3.95. The second-order valence-electron chi connectivity index (χ2n) is 4.97. The molecule has 1 aliphatic carbocycles. The number of carbonyl (C=O) groups is 1. The van der Waals surface area contributed by atoms with Crippen molar-refractivity contribution in [2.45, 2.75) is 50.8 Å². The van der Waals surface area contributed by atoms with Gasteiger partial charge in [0.25, 0.3) is 0 Å². The summed E-state index contributed by atoms with van der Waals surface area (Å²) in [7, 11) is 0. The molecule has 0 bridgehead atoms. The van der Waals surface area contributed by atoms with Crippen LogP contribution in [0.5, 0.6) is 0 Å². The summed E-state index contributed by atoms with van der Waals surface area (Å²) in [6.07, 6.45) is 3.47. The summed E-state index contributed by atoms with van der Waals surface area (Å²) in [5.41, 5.74) is 0. The summed E-state index contributed by atoms with van der Waals surface area (Å²) in [6.45, 7) is 3.63. The minimum absolute atomic E-state index is 0.0733. The maximum atomic E-state index is 11.5. The zero-order valence-electron chi connectivity index (χ0n) is 9.89. The van der Waals surface area contributed by atoms with E-state index in [1.54, 1.807) is 0 Å². The lowest BCUT2D eigenvalue weighted by atomic mass is 9.91. The summed E-state index contributed by atoms with van der Waals surface area (Å²) in [5, 5.41) is 9.13. The summed E-state index contributed by atoms with van der Waals surface area (Å²) >= 11 is 0. The molecule has 2 fully saturated rings. The number of ketones is 1. The lowest BCUT2D eigenvalue weighted by molar-refractivity contribution is -0.126. The molecule has 3 unspecified atom stereocenters. The highest BCUT2D eigenvalue weighted by atomic mass is 16.5. The molecule has 2 rings (SSSR count). The molecule has 92 valence electrons. The van der Waals surface area contributed by atoms with Crippen molar-refractivity contribution in [3.05, 3.63) is 0 Å². The summed E-state index contributed by atoms with van der Waals surface area (Å²) < 4.78 is 5.51. The first-order chi connectivity index (χ1) is 7.70. The van der Waals surface area contributed by atoms with Gasteiger partial charge < -0.3 is 9.84 Å². The molecule has 0 radical (unpaired) electrons. The summed E-state index contributed by atoms with van der Waals surface area (Å²) in [6, 6.07) is 0.730. The standard InChI is InChI=1S/C12H21NO3/c1-9-8-16-12(7-14)6-13(9)10-3-2-4-11(15)5-10/h9-10,12,14H,2-8H2,1H3. The fraction of sp³-hybridized carbons (Fsp3) is 0.917.